The molecule has 0 aliphatic carbocycles. The third kappa shape index (κ3) is 3.33. The Bertz CT molecular complexity index is 467. The normalized spacial score (nSPS) is 10.9. The molecular weight excluding hydrogens is 244 g/mol. The first-order valence-electron chi connectivity index (χ1n) is 5.19. The molecule has 0 bridgehead atoms. The van der Waals surface area contributed by atoms with Gasteiger partial charge in [0.2, 0.25) is 0 Å². The lowest BCUT2D eigenvalue weighted by Gasteiger charge is -1.99. The van der Waals surface area contributed by atoms with Gasteiger partial charge in [-0.2, -0.15) is 0 Å². The molecule has 0 radical (unpaired) electrons. The fourth-order valence-corrected chi connectivity index (χ4v) is 1.47. The van der Waals surface area contributed by atoms with Crippen LogP contribution in [0.2, 0.25) is 5.22 Å². The van der Waals surface area contributed by atoms with Crippen LogP contribution in [0.15, 0.2) is 27.2 Å². The highest BCUT2D eigenvalue weighted by Crippen LogP contribution is 2.23. The van der Waals surface area contributed by atoms with E-state index in [2.05, 4.69) is 10.3 Å². The zero-order chi connectivity index (χ0) is 12.1. The summed E-state index contributed by atoms with van der Waals surface area (Å²) in [5.41, 5.74) is 0.809. The van der Waals surface area contributed by atoms with Gasteiger partial charge in [0, 0.05) is 20.2 Å². The summed E-state index contributed by atoms with van der Waals surface area (Å²) in [6, 6.07) is 3.37. The second-order valence-corrected chi connectivity index (χ2v) is 3.79. The van der Waals surface area contributed by atoms with Gasteiger partial charge in [-0.25, -0.2) is 4.98 Å². The molecule has 0 unspecified atom stereocenters. The molecule has 1 N–H and O–H groups in total. The monoisotopic (exact) mass is 256 g/mol. The summed E-state index contributed by atoms with van der Waals surface area (Å²) in [6.07, 6.45) is 1.59. The second-order valence-electron chi connectivity index (χ2n) is 3.42. The van der Waals surface area contributed by atoms with Gasteiger partial charge in [-0.05, 0) is 23.7 Å². The van der Waals surface area contributed by atoms with Crippen LogP contribution in [0, 0.1) is 0 Å². The molecule has 0 aliphatic rings. The second kappa shape index (κ2) is 5.86. The van der Waals surface area contributed by atoms with E-state index in [1.807, 2.05) is 0 Å². The van der Waals surface area contributed by atoms with E-state index in [-0.39, 0.29) is 0 Å². The lowest BCUT2D eigenvalue weighted by molar-refractivity contribution is 0.199. The standard InChI is InChI=1S/C11H13ClN2O3/c1-15-5-4-13-6-8-7-16-11(14-8)9-2-3-10(12)17-9/h2-3,7,13H,4-6H2,1H3. The number of oxazole rings is 1. The molecule has 2 aromatic rings. The molecule has 2 aromatic heterocycles. The van der Waals surface area contributed by atoms with Crippen molar-refractivity contribution in [3.05, 3.63) is 29.3 Å². The first kappa shape index (κ1) is 12.2. The Balaban J connectivity index is 1.92. The van der Waals surface area contributed by atoms with Crippen LogP contribution >= 0.6 is 11.6 Å². The number of methoxy groups -OCH3 is 1. The predicted molar refractivity (Wildman–Crippen MR) is 62.8 cm³/mol. The molecule has 5 nitrogen and oxygen atoms in total. The number of halogens is 1. The average Bonchev–Trinajstić information content (AvgIpc) is 2.93. The van der Waals surface area contributed by atoms with Gasteiger partial charge in [0.25, 0.3) is 5.89 Å². The van der Waals surface area contributed by atoms with Gasteiger partial charge < -0.3 is 18.9 Å². The Morgan fingerprint density at radius 2 is 2.35 bits per heavy atom. The van der Waals surface area contributed by atoms with Crippen molar-refractivity contribution < 1.29 is 13.6 Å². The number of ether oxygens (including phenoxy) is 1. The van der Waals surface area contributed by atoms with Gasteiger partial charge in [0.15, 0.2) is 11.0 Å². The van der Waals surface area contributed by atoms with E-state index in [0.717, 1.165) is 12.2 Å². The highest BCUT2D eigenvalue weighted by molar-refractivity contribution is 6.28. The first-order valence-corrected chi connectivity index (χ1v) is 5.57. The van der Waals surface area contributed by atoms with Gasteiger partial charge >= 0.3 is 0 Å². The zero-order valence-corrected chi connectivity index (χ0v) is 10.2. The Hall–Kier alpha value is -1.30. The smallest absolute Gasteiger partial charge is 0.263 e. The van der Waals surface area contributed by atoms with Gasteiger partial charge in [-0.15, -0.1) is 0 Å². The lowest BCUT2D eigenvalue weighted by Crippen LogP contribution is -2.18. The fourth-order valence-electron chi connectivity index (χ4n) is 1.32. The van der Waals surface area contributed by atoms with E-state index in [0.29, 0.717) is 30.0 Å². The van der Waals surface area contributed by atoms with E-state index < -0.39 is 0 Å². The van der Waals surface area contributed by atoms with E-state index in [1.165, 1.54) is 0 Å². The minimum absolute atomic E-state index is 0.318. The topological polar surface area (TPSA) is 60.4 Å². The number of nitrogens with one attached hydrogen (secondary N) is 1. The SMILES string of the molecule is COCCNCc1coc(-c2ccc(Cl)o2)n1. The molecule has 6 heteroatoms. The zero-order valence-electron chi connectivity index (χ0n) is 9.40. The maximum atomic E-state index is 5.67. The number of hydrogen-bond acceptors (Lipinski definition) is 5. The van der Waals surface area contributed by atoms with Crippen molar-refractivity contribution in [2.45, 2.75) is 6.54 Å². The van der Waals surface area contributed by atoms with Crippen LogP contribution in [0.5, 0.6) is 0 Å². The van der Waals surface area contributed by atoms with E-state index >= 15 is 0 Å². The molecule has 2 rings (SSSR count). The summed E-state index contributed by atoms with van der Waals surface area (Å²) in [7, 11) is 1.66. The Morgan fingerprint density at radius 1 is 1.47 bits per heavy atom. The van der Waals surface area contributed by atoms with Crippen LogP contribution in [0.3, 0.4) is 0 Å². The molecule has 17 heavy (non-hydrogen) atoms. The summed E-state index contributed by atoms with van der Waals surface area (Å²) < 4.78 is 15.4. The molecule has 0 saturated carbocycles. The highest BCUT2D eigenvalue weighted by atomic mass is 35.5. The van der Waals surface area contributed by atoms with E-state index in [4.69, 9.17) is 25.2 Å². The Labute approximate surface area is 104 Å². The molecular formula is C11H13ClN2O3. The van der Waals surface area contributed by atoms with Gasteiger partial charge in [0.1, 0.15) is 6.26 Å². The number of furan rings is 1. The van der Waals surface area contributed by atoms with Crippen molar-refractivity contribution in [3.8, 4) is 11.7 Å². The number of aromatic nitrogens is 1. The molecule has 0 amide bonds. The molecule has 0 atom stereocenters. The van der Waals surface area contributed by atoms with E-state index in [1.54, 1.807) is 25.5 Å². The number of rotatable bonds is 6. The molecule has 0 saturated heterocycles. The maximum Gasteiger partial charge on any atom is 0.263 e. The Morgan fingerprint density at radius 3 is 3.06 bits per heavy atom. The molecule has 0 fully saturated rings. The number of nitrogens with zero attached hydrogens (tertiary/aromatic N) is 1. The summed E-state index contributed by atoms with van der Waals surface area (Å²) >= 11 is 5.67. The first-order chi connectivity index (χ1) is 8.29. The summed E-state index contributed by atoms with van der Waals surface area (Å²) in [5, 5.41) is 3.49. The third-order valence-corrected chi connectivity index (χ3v) is 2.33. The quantitative estimate of drug-likeness (QED) is 0.804. The highest BCUT2D eigenvalue weighted by Gasteiger charge is 2.10. The van der Waals surface area contributed by atoms with Crippen molar-refractivity contribution in [3.63, 3.8) is 0 Å². The summed E-state index contributed by atoms with van der Waals surface area (Å²) in [6.45, 7) is 2.06. The van der Waals surface area contributed by atoms with Crippen molar-refractivity contribution in [2.75, 3.05) is 20.3 Å². The summed E-state index contributed by atoms with van der Waals surface area (Å²) in [5.74, 6) is 0.957. The number of hydrogen-bond donors (Lipinski definition) is 1. The van der Waals surface area contributed by atoms with Gasteiger partial charge in [-0.1, -0.05) is 0 Å². The largest absolute Gasteiger partial charge is 0.442 e. The van der Waals surface area contributed by atoms with Crippen molar-refractivity contribution in [1.29, 1.82) is 0 Å². The van der Waals surface area contributed by atoms with Crippen LogP contribution in [0.1, 0.15) is 5.69 Å². The lowest BCUT2D eigenvalue weighted by atomic mass is 10.4. The molecule has 0 spiro atoms. The van der Waals surface area contributed by atoms with Crippen molar-refractivity contribution >= 4 is 11.6 Å². The van der Waals surface area contributed by atoms with Crippen LogP contribution in [0.4, 0.5) is 0 Å². The Kier molecular flexibility index (Phi) is 4.19. The average molecular weight is 257 g/mol. The minimum Gasteiger partial charge on any atom is -0.442 e. The summed E-state index contributed by atoms with van der Waals surface area (Å²) in [4.78, 5) is 4.27. The van der Waals surface area contributed by atoms with Gasteiger partial charge in [0.05, 0.1) is 12.3 Å². The van der Waals surface area contributed by atoms with Gasteiger partial charge in [-0.3, -0.25) is 0 Å². The van der Waals surface area contributed by atoms with Crippen LogP contribution in [-0.2, 0) is 11.3 Å². The third-order valence-electron chi connectivity index (χ3n) is 2.12. The minimum atomic E-state index is 0.318. The molecule has 2 heterocycles. The maximum absolute atomic E-state index is 5.67. The molecule has 0 aliphatic heterocycles. The molecule has 92 valence electrons. The van der Waals surface area contributed by atoms with Crippen LogP contribution in [0.25, 0.3) is 11.7 Å². The van der Waals surface area contributed by atoms with E-state index in [9.17, 15) is 0 Å². The van der Waals surface area contributed by atoms with Crippen molar-refractivity contribution in [2.24, 2.45) is 0 Å². The fraction of sp³-hybridized carbons (Fsp3) is 0.364. The van der Waals surface area contributed by atoms with Crippen LogP contribution in [-0.4, -0.2) is 25.2 Å². The molecule has 0 aromatic carbocycles. The predicted octanol–water partition coefficient (Wildman–Crippen LogP) is 2.32. The van der Waals surface area contributed by atoms with Crippen molar-refractivity contribution in [1.82, 2.24) is 10.3 Å². The van der Waals surface area contributed by atoms with Crippen LogP contribution < -0.4 is 5.32 Å².